The number of hydrogen-bond donors (Lipinski definition) is 1. The van der Waals surface area contributed by atoms with Crippen molar-refractivity contribution in [3.63, 3.8) is 0 Å². The fourth-order valence-corrected chi connectivity index (χ4v) is 1.82. The predicted octanol–water partition coefficient (Wildman–Crippen LogP) is 4.49. The molecule has 0 aromatic heterocycles. The maximum atomic E-state index is 13.4. The first-order chi connectivity index (χ1) is 11.1. The van der Waals surface area contributed by atoms with Crippen LogP contribution < -0.4 is 0 Å². The Morgan fingerprint density at radius 3 is 1.88 bits per heavy atom. The summed E-state index contributed by atoms with van der Waals surface area (Å²) in [5.41, 5.74) is -1.95. The van der Waals surface area contributed by atoms with E-state index in [2.05, 4.69) is 0 Å². The van der Waals surface area contributed by atoms with Crippen molar-refractivity contribution in [2.75, 3.05) is 0 Å². The van der Waals surface area contributed by atoms with Gasteiger partial charge in [-0.2, -0.15) is 39.5 Å². The molecule has 0 heterocycles. The number of hydrogen-bond acceptors (Lipinski definition) is 3. The molecule has 4 nitrogen and oxygen atoms in total. The van der Waals surface area contributed by atoms with Gasteiger partial charge in [0.15, 0.2) is 0 Å². The number of benzene rings is 1. The Morgan fingerprint density at radius 2 is 1.44 bits per heavy atom. The summed E-state index contributed by atoms with van der Waals surface area (Å²) in [5.74, 6) is -20.0. The van der Waals surface area contributed by atoms with Gasteiger partial charge in [-0.25, -0.2) is 0 Å². The van der Waals surface area contributed by atoms with Crippen molar-refractivity contribution in [3.8, 4) is 0 Å². The summed E-state index contributed by atoms with van der Waals surface area (Å²) in [7, 11) is 0. The standard InChI is InChI=1S/C12H8F9NO3/c13-9(14,10(15,16)11(17,18)12(19,20)21)5-8(23)6-3-1-2-4-7(6)22(24)25/h1-4,8,23H,5H2. The number of alkyl halides is 9. The minimum Gasteiger partial charge on any atom is -0.388 e. The quantitative estimate of drug-likeness (QED) is 0.446. The van der Waals surface area contributed by atoms with Crippen molar-refractivity contribution in [2.45, 2.75) is 36.5 Å². The fourth-order valence-electron chi connectivity index (χ4n) is 1.82. The second-order valence-corrected chi connectivity index (χ2v) is 4.89. The molecule has 0 bridgehead atoms. The Labute approximate surface area is 133 Å². The van der Waals surface area contributed by atoms with Gasteiger partial charge in [0.1, 0.15) is 0 Å². The van der Waals surface area contributed by atoms with E-state index in [9.17, 15) is 54.7 Å². The SMILES string of the molecule is O=[N+]([O-])c1ccccc1C(O)CC(F)(F)C(F)(F)C(F)(F)C(F)(F)F. The number of halogens is 9. The van der Waals surface area contributed by atoms with Gasteiger partial charge in [-0.1, -0.05) is 12.1 Å². The Bertz CT molecular complexity index is 645. The summed E-state index contributed by atoms with van der Waals surface area (Å²) >= 11 is 0. The highest BCUT2D eigenvalue weighted by Gasteiger charge is 2.81. The van der Waals surface area contributed by atoms with E-state index in [4.69, 9.17) is 0 Å². The van der Waals surface area contributed by atoms with Crippen molar-refractivity contribution in [3.05, 3.63) is 39.9 Å². The lowest BCUT2D eigenvalue weighted by Crippen LogP contribution is -2.61. The third-order valence-corrected chi connectivity index (χ3v) is 3.15. The van der Waals surface area contributed by atoms with Gasteiger partial charge in [-0.3, -0.25) is 10.1 Å². The maximum absolute atomic E-state index is 13.4. The minimum absolute atomic E-state index is 0.666. The van der Waals surface area contributed by atoms with E-state index in [0.717, 1.165) is 12.1 Å². The van der Waals surface area contributed by atoms with Gasteiger partial charge in [-0.15, -0.1) is 0 Å². The molecule has 1 aromatic rings. The third kappa shape index (κ3) is 3.65. The van der Waals surface area contributed by atoms with Crippen molar-refractivity contribution < 1.29 is 49.5 Å². The number of para-hydroxylation sites is 1. The zero-order valence-electron chi connectivity index (χ0n) is 11.7. The van der Waals surface area contributed by atoms with Crippen LogP contribution in [-0.4, -0.2) is 34.0 Å². The molecule has 25 heavy (non-hydrogen) atoms. The molecule has 0 fully saturated rings. The first kappa shape index (κ1) is 21.0. The summed E-state index contributed by atoms with van der Waals surface area (Å²) < 4.78 is 115. The third-order valence-electron chi connectivity index (χ3n) is 3.15. The largest absolute Gasteiger partial charge is 0.460 e. The van der Waals surface area contributed by atoms with E-state index in [0.29, 0.717) is 12.1 Å². The average molecular weight is 385 g/mol. The van der Waals surface area contributed by atoms with Crippen LogP contribution >= 0.6 is 0 Å². The fraction of sp³-hybridized carbons (Fsp3) is 0.500. The maximum Gasteiger partial charge on any atom is 0.460 e. The van der Waals surface area contributed by atoms with Crippen molar-refractivity contribution in [1.29, 1.82) is 0 Å². The molecule has 13 heteroatoms. The molecule has 0 aliphatic carbocycles. The Morgan fingerprint density at radius 1 is 0.960 bits per heavy atom. The number of rotatable bonds is 6. The number of nitro benzene ring substituents is 1. The molecule has 1 aromatic carbocycles. The van der Waals surface area contributed by atoms with Gasteiger partial charge in [-0.05, 0) is 6.07 Å². The highest BCUT2D eigenvalue weighted by Crippen LogP contribution is 2.55. The molecule has 142 valence electrons. The van der Waals surface area contributed by atoms with Crippen LogP contribution in [0.25, 0.3) is 0 Å². The smallest absolute Gasteiger partial charge is 0.388 e. The van der Waals surface area contributed by atoms with E-state index >= 15 is 0 Å². The zero-order valence-corrected chi connectivity index (χ0v) is 11.7. The summed E-state index contributed by atoms with van der Waals surface area (Å²) in [5, 5.41) is 20.1. The molecule has 1 rings (SSSR count). The Balaban J connectivity index is 3.22. The van der Waals surface area contributed by atoms with E-state index in [-0.39, 0.29) is 0 Å². The number of aliphatic hydroxyl groups is 1. The van der Waals surface area contributed by atoms with Gasteiger partial charge >= 0.3 is 23.9 Å². The van der Waals surface area contributed by atoms with Gasteiger partial charge in [0, 0.05) is 12.5 Å². The van der Waals surface area contributed by atoms with Crippen molar-refractivity contribution in [2.24, 2.45) is 0 Å². The van der Waals surface area contributed by atoms with Crippen LogP contribution in [0, 0.1) is 10.1 Å². The summed E-state index contributed by atoms with van der Waals surface area (Å²) in [6.07, 6.45) is -12.4. The Hall–Kier alpha value is -2.05. The number of nitro groups is 1. The lowest BCUT2D eigenvalue weighted by Gasteiger charge is -2.34. The van der Waals surface area contributed by atoms with Gasteiger partial charge < -0.3 is 5.11 Å². The molecular weight excluding hydrogens is 377 g/mol. The van der Waals surface area contributed by atoms with E-state index in [1.54, 1.807) is 0 Å². The van der Waals surface area contributed by atoms with Gasteiger partial charge in [0.05, 0.1) is 16.6 Å². The summed E-state index contributed by atoms with van der Waals surface area (Å²) in [6.45, 7) is 0. The van der Waals surface area contributed by atoms with Crippen LogP contribution in [0.1, 0.15) is 18.1 Å². The Kier molecular flexibility index (Phi) is 5.33. The first-order valence-corrected chi connectivity index (χ1v) is 6.18. The molecule has 1 N–H and O–H groups in total. The van der Waals surface area contributed by atoms with Crippen LogP contribution in [0.5, 0.6) is 0 Å². The lowest BCUT2D eigenvalue weighted by atomic mass is 9.94. The molecule has 0 amide bonds. The van der Waals surface area contributed by atoms with Crippen LogP contribution in [0.2, 0.25) is 0 Å². The minimum atomic E-state index is -7.09. The molecule has 0 saturated heterocycles. The number of aliphatic hydroxyl groups excluding tert-OH is 1. The molecule has 0 aliphatic heterocycles. The summed E-state index contributed by atoms with van der Waals surface area (Å²) in [4.78, 5) is 9.49. The van der Waals surface area contributed by atoms with Crippen LogP contribution in [0.4, 0.5) is 45.2 Å². The zero-order chi connectivity index (χ0) is 19.8. The van der Waals surface area contributed by atoms with Crippen molar-refractivity contribution >= 4 is 5.69 Å². The van der Waals surface area contributed by atoms with Crippen LogP contribution in [0.15, 0.2) is 24.3 Å². The van der Waals surface area contributed by atoms with Gasteiger partial charge in [0.25, 0.3) is 5.69 Å². The lowest BCUT2D eigenvalue weighted by molar-refractivity contribution is -0.399. The van der Waals surface area contributed by atoms with Gasteiger partial charge in [0.2, 0.25) is 0 Å². The molecule has 0 radical (unpaired) electrons. The monoisotopic (exact) mass is 385 g/mol. The second-order valence-electron chi connectivity index (χ2n) is 4.89. The second kappa shape index (κ2) is 6.35. The topological polar surface area (TPSA) is 63.4 Å². The van der Waals surface area contributed by atoms with Crippen molar-refractivity contribution in [1.82, 2.24) is 0 Å². The molecule has 0 saturated carbocycles. The molecule has 0 aliphatic rings. The summed E-state index contributed by atoms with van der Waals surface area (Å²) in [6, 6.07) is 3.36. The molecule has 1 unspecified atom stereocenters. The van der Waals surface area contributed by atoms with Crippen LogP contribution in [0.3, 0.4) is 0 Å². The van der Waals surface area contributed by atoms with E-state index in [1.165, 1.54) is 0 Å². The molecule has 0 spiro atoms. The van der Waals surface area contributed by atoms with E-state index < -0.39 is 52.6 Å². The predicted molar refractivity (Wildman–Crippen MR) is 63.6 cm³/mol. The number of nitrogens with zero attached hydrogens (tertiary/aromatic N) is 1. The average Bonchev–Trinajstić information content (AvgIpc) is 2.45. The normalized spacial score (nSPS) is 15.1. The highest BCUT2D eigenvalue weighted by atomic mass is 19.4. The molecular formula is C12H8F9NO3. The van der Waals surface area contributed by atoms with E-state index in [1.807, 2.05) is 0 Å². The molecule has 1 atom stereocenters. The highest BCUT2D eigenvalue weighted by molar-refractivity contribution is 5.41. The van der Waals surface area contributed by atoms with Crippen LogP contribution in [-0.2, 0) is 0 Å². The first-order valence-electron chi connectivity index (χ1n) is 6.18.